The first kappa shape index (κ1) is 22.1. The summed E-state index contributed by atoms with van der Waals surface area (Å²) in [4.78, 5) is 15.8. The molecule has 0 bridgehead atoms. The predicted octanol–water partition coefficient (Wildman–Crippen LogP) is 4.05. The number of hydrogen-bond acceptors (Lipinski definition) is 5. The molecule has 0 saturated carbocycles. The van der Waals surface area contributed by atoms with Gasteiger partial charge in [0.2, 0.25) is 0 Å². The number of rotatable bonds is 7. The lowest BCUT2D eigenvalue weighted by molar-refractivity contribution is 0.0955. The van der Waals surface area contributed by atoms with Crippen LogP contribution in [-0.2, 0) is 10.0 Å². The third-order valence-electron chi connectivity index (χ3n) is 5.06. The summed E-state index contributed by atoms with van der Waals surface area (Å²) in [5.74, 6) is -0.144. The first-order chi connectivity index (χ1) is 15.9. The van der Waals surface area contributed by atoms with Gasteiger partial charge >= 0.3 is 0 Å². The molecule has 1 amide bonds. The second kappa shape index (κ2) is 9.17. The zero-order chi connectivity index (χ0) is 23.4. The van der Waals surface area contributed by atoms with Crippen LogP contribution in [0.2, 0.25) is 0 Å². The minimum Gasteiger partial charge on any atom is -0.495 e. The summed E-state index contributed by atoms with van der Waals surface area (Å²) in [6, 6.07) is 20.2. The average molecular weight is 463 g/mol. The number of carbonyl (C=O) groups excluding carboxylic acids is 1. The maximum absolute atomic E-state index is 12.8. The number of sulfonamides is 1. The van der Waals surface area contributed by atoms with Crippen molar-refractivity contribution in [2.75, 3.05) is 11.8 Å². The van der Waals surface area contributed by atoms with Crippen LogP contribution < -0.4 is 14.9 Å². The quantitative estimate of drug-likeness (QED) is 0.284. The van der Waals surface area contributed by atoms with E-state index in [1.807, 2.05) is 31.2 Å². The fourth-order valence-corrected chi connectivity index (χ4v) is 4.54. The number of aromatic nitrogens is 1. The number of hydrogen-bond donors (Lipinski definition) is 3. The summed E-state index contributed by atoms with van der Waals surface area (Å²) in [5, 5.41) is 5.05. The highest BCUT2D eigenvalue weighted by Gasteiger charge is 2.18. The van der Waals surface area contributed by atoms with Crippen molar-refractivity contribution in [3.8, 4) is 5.75 Å². The van der Waals surface area contributed by atoms with Gasteiger partial charge in [0, 0.05) is 27.7 Å². The van der Waals surface area contributed by atoms with Crippen LogP contribution in [0.3, 0.4) is 0 Å². The first-order valence-electron chi connectivity index (χ1n) is 10.1. The predicted molar refractivity (Wildman–Crippen MR) is 128 cm³/mol. The highest BCUT2D eigenvalue weighted by atomic mass is 32.2. The number of carbonyl (C=O) groups is 1. The fraction of sp³-hybridized carbons (Fsp3) is 0.0833. The Kier molecular flexibility index (Phi) is 6.14. The largest absolute Gasteiger partial charge is 0.495 e. The first-order valence-corrected chi connectivity index (χ1v) is 11.5. The van der Waals surface area contributed by atoms with Gasteiger partial charge < -0.3 is 9.72 Å². The fourth-order valence-electron chi connectivity index (χ4n) is 3.42. The van der Waals surface area contributed by atoms with Gasteiger partial charge in [-0.3, -0.25) is 9.52 Å². The summed E-state index contributed by atoms with van der Waals surface area (Å²) in [7, 11) is -2.49. The van der Waals surface area contributed by atoms with E-state index in [9.17, 15) is 13.2 Å². The monoisotopic (exact) mass is 462 g/mol. The lowest BCUT2D eigenvalue weighted by Crippen LogP contribution is -2.19. The van der Waals surface area contributed by atoms with Crippen LogP contribution >= 0.6 is 0 Å². The van der Waals surface area contributed by atoms with Crippen molar-refractivity contribution in [3.05, 3.63) is 89.6 Å². The molecule has 0 saturated heterocycles. The SMILES string of the molecule is COc1ccccc1NS(=O)(=O)c1cccc(C(=O)NN=Cc2c(C)[nH]c3ccccc23)c1. The molecular weight excluding hydrogens is 440 g/mol. The van der Waals surface area contributed by atoms with Crippen LogP contribution in [0, 0.1) is 6.92 Å². The van der Waals surface area contributed by atoms with Gasteiger partial charge in [-0.1, -0.05) is 36.4 Å². The Labute approximate surface area is 191 Å². The van der Waals surface area contributed by atoms with Gasteiger partial charge in [-0.2, -0.15) is 5.10 Å². The van der Waals surface area contributed by atoms with Crippen LogP contribution in [0.4, 0.5) is 5.69 Å². The molecule has 0 atom stereocenters. The molecule has 4 rings (SSSR count). The van der Waals surface area contributed by atoms with Gasteiger partial charge in [0.1, 0.15) is 5.75 Å². The molecule has 1 heterocycles. The van der Waals surface area contributed by atoms with E-state index in [0.717, 1.165) is 22.2 Å². The number of H-pyrrole nitrogens is 1. The Morgan fingerprint density at radius 1 is 1.03 bits per heavy atom. The van der Waals surface area contributed by atoms with Crippen LogP contribution in [0.5, 0.6) is 5.75 Å². The molecular formula is C24H22N4O4S. The van der Waals surface area contributed by atoms with Crippen molar-refractivity contribution in [1.29, 1.82) is 0 Å². The molecule has 0 radical (unpaired) electrons. The van der Waals surface area contributed by atoms with Crippen LogP contribution in [-0.4, -0.2) is 32.6 Å². The van der Waals surface area contributed by atoms with Crippen molar-refractivity contribution < 1.29 is 17.9 Å². The van der Waals surface area contributed by atoms with E-state index in [4.69, 9.17) is 4.74 Å². The van der Waals surface area contributed by atoms with Crippen molar-refractivity contribution in [2.24, 2.45) is 5.10 Å². The van der Waals surface area contributed by atoms with Crippen LogP contribution in [0.1, 0.15) is 21.6 Å². The maximum atomic E-state index is 12.8. The number of benzene rings is 3. The lowest BCUT2D eigenvalue weighted by atomic mass is 10.1. The number of anilines is 1. The van der Waals surface area contributed by atoms with Crippen LogP contribution in [0.25, 0.3) is 10.9 Å². The zero-order valence-corrected chi connectivity index (χ0v) is 18.8. The van der Waals surface area contributed by atoms with Crippen molar-refractivity contribution in [2.45, 2.75) is 11.8 Å². The number of nitrogens with one attached hydrogen (secondary N) is 3. The van der Waals surface area contributed by atoms with Gasteiger partial charge in [-0.25, -0.2) is 13.8 Å². The summed E-state index contributed by atoms with van der Waals surface area (Å²) >= 11 is 0. The van der Waals surface area contributed by atoms with Crippen LogP contribution in [0.15, 0.2) is 82.8 Å². The Hall–Kier alpha value is -4.11. The number of para-hydroxylation sites is 3. The summed E-state index contributed by atoms with van der Waals surface area (Å²) < 4.78 is 33.4. The molecule has 3 aromatic carbocycles. The second-order valence-corrected chi connectivity index (χ2v) is 8.92. The van der Waals surface area contributed by atoms with E-state index in [1.54, 1.807) is 30.5 Å². The van der Waals surface area contributed by atoms with E-state index in [0.29, 0.717) is 11.4 Å². The number of hydrazone groups is 1. The summed E-state index contributed by atoms with van der Waals surface area (Å²) in [5.41, 5.74) is 5.68. The molecule has 0 spiro atoms. The molecule has 9 heteroatoms. The lowest BCUT2D eigenvalue weighted by Gasteiger charge is -2.12. The van der Waals surface area contributed by atoms with E-state index in [-0.39, 0.29) is 10.5 Å². The molecule has 3 N–H and O–H groups in total. The van der Waals surface area contributed by atoms with Crippen molar-refractivity contribution in [3.63, 3.8) is 0 Å². The van der Waals surface area contributed by atoms with E-state index in [2.05, 4.69) is 20.2 Å². The normalized spacial score (nSPS) is 11.6. The highest BCUT2D eigenvalue weighted by molar-refractivity contribution is 7.92. The third kappa shape index (κ3) is 4.73. The highest BCUT2D eigenvalue weighted by Crippen LogP contribution is 2.26. The van der Waals surface area contributed by atoms with Crippen molar-refractivity contribution in [1.82, 2.24) is 10.4 Å². The Balaban J connectivity index is 1.51. The molecule has 33 heavy (non-hydrogen) atoms. The standard InChI is InChI=1S/C24H22N4O4S/c1-16-20(19-10-3-4-11-21(19)26-16)15-25-27-24(29)17-8-7-9-18(14-17)33(30,31)28-22-12-5-6-13-23(22)32-2/h3-15,26,28H,1-2H3,(H,27,29). The summed E-state index contributed by atoms with van der Waals surface area (Å²) in [6.45, 7) is 1.92. The van der Waals surface area contributed by atoms with E-state index >= 15 is 0 Å². The number of ether oxygens (including phenoxy) is 1. The van der Waals surface area contributed by atoms with Gasteiger partial charge in [0.05, 0.1) is 23.9 Å². The number of aryl methyl sites for hydroxylation is 1. The minimum atomic E-state index is -3.94. The molecule has 8 nitrogen and oxygen atoms in total. The Morgan fingerprint density at radius 2 is 1.79 bits per heavy atom. The number of fused-ring (bicyclic) bond motifs is 1. The van der Waals surface area contributed by atoms with Gasteiger partial charge in [-0.15, -0.1) is 0 Å². The number of aromatic amines is 1. The van der Waals surface area contributed by atoms with E-state index in [1.165, 1.54) is 31.4 Å². The molecule has 168 valence electrons. The third-order valence-corrected chi connectivity index (χ3v) is 6.42. The maximum Gasteiger partial charge on any atom is 0.271 e. The van der Waals surface area contributed by atoms with Crippen molar-refractivity contribution >= 4 is 38.7 Å². The molecule has 0 aliphatic heterocycles. The molecule has 0 aliphatic rings. The Morgan fingerprint density at radius 3 is 2.61 bits per heavy atom. The van der Waals surface area contributed by atoms with Gasteiger partial charge in [0.25, 0.3) is 15.9 Å². The molecule has 0 aliphatic carbocycles. The zero-order valence-electron chi connectivity index (χ0n) is 18.0. The Bertz CT molecular complexity index is 1460. The molecule has 0 unspecified atom stereocenters. The number of nitrogens with zero attached hydrogens (tertiary/aromatic N) is 1. The second-order valence-electron chi connectivity index (χ2n) is 7.24. The van der Waals surface area contributed by atoms with E-state index < -0.39 is 15.9 Å². The topological polar surface area (TPSA) is 113 Å². The number of amides is 1. The van der Waals surface area contributed by atoms with Gasteiger partial charge in [-0.05, 0) is 43.3 Å². The minimum absolute atomic E-state index is 0.0579. The number of methoxy groups -OCH3 is 1. The molecule has 1 aromatic heterocycles. The molecule has 0 fully saturated rings. The smallest absolute Gasteiger partial charge is 0.271 e. The average Bonchev–Trinajstić information content (AvgIpc) is 3.14. The van der Waals surface area contributed by atoms with Gasteiger partial charge in [0.15, 0.2) is 0 Å². The molecule has 4 aromatic rings. The summed E-state index contributed by atoms with van der Waals surface area (Å²) in [6.07, 6.45) is 1.57.